The average molecular weight is 249 g/mol. The van der Waals surface area contributed by atoms with E-state index in [2.05, 4.69) is 0 Å². The van der Waals surface area contributed by atoms with Gasteiger partial charge in [-0.3, -0.25) is 4.79 Å². The summed E-state index contributed by atoms with van der Waals surface area (Å²) in [6.45, 7) is 0.183. The van der Waals surface area contributed by atoms with Gasteiger partial charge in [0.1, 0.15) is 12.4 Å². The van der Waals surface area contributed by atoms with Crippen molar-refractivity contribution in [3.8, 4) is 5.75 Å². The minimum absolute atomic E-state index is 0.0805. The molecule has 2 rings (SSSR count). The van der Waals surface area contributed by atoms with Crippen LogP contribution in [0.5, 0.6) is 5.75 Å². The van der Waals surface area contributed by atoms with E-state index in [9.17, 15) is 4.79 Å². The lowest BCUT2D eigenvalue weighted by atomic mass is 10.2. The largest absolute Gasteiger partial charge is 0.490 e. The average Bonchev–Trinajstić information content (AvgIpc) is 2.90. The maximum Gasteiger partial charge on any atom is 0.320 e. The number of esters is 1. The van der Waals surface area contributed by atoms with Crippen LogP contribution in [0.1, 0.15) is 31.2 Å². The summed E-state index contributed by atoms with van der Waals surface area (Å²) < 4.78 is 10.8. The second-order valence-electron chi connectivity index (χ2n) is 4.53. The molecule has 0 aliphatic heterocycles. The molecule has 0 radical (unpaired) electrons. The third kappa shape index (κ3) is 3.74. The van der Waals surface area contributed by atoms with E-state index in [0.29, 0.717) is 6.10 Å². The second-order valence-corrected chi connectivity index (χ2v) is 4.53. The fourth-order valence-corrected chi connectivity index (χ4v) is 2.09. The lowest BCUT2D eigenvalue weighted by Crippen LogP contribution is -2.16. The Kier molecular flexibility index (Phi) is 4.59. The number of benzene rings is 1. The molecule has 98 valence electrons. The molecule has 2 N–H and O–H groups in total. The first-order valence-electron chi connectivity index (χ1n) is 6.39. The fourth-order valence-electron chi connectivity index (χ4n) is 2.09. The van der Waals surface area contributed by atoms with E-state index < -0.39 is 0 Å². The predicted molar refractivity (Wildman–Crippen MR) is 68.2 cm³/mol. The summed E-state index contributed by atoms with van der Waals surface area (Å²) in [4.78, 5) is 10.9. The summed E-state index contributed by atoms with van der Waals surface area (Å²) in [5.41, 5.74) is 6.10. The first kappa shape index (κ1) is 12.9. The first-order chi connectivity index (χ1) is 8.78. The van der Waals surface area contributed by atoms with E-state index >= 15 is 0 Å². The maximum absolute atomic E-state index is 10.9. The highest BCUT2D eigenvalue weighted by Crippen LogP contribution is 2.24. The topological polar surface area (TPSA) is 61.6 Å². The summed E-state index contributed by atoms with van der Waals surface area (Å²) in [6.07, 6.45) is 5.19. The molecule has 1 saturated carbocycles. The molecule has 0 saturated heterocycles. The summed E-state index contributed by atoms with van der Waals surface area (Å²) in [5.74, 6) is 0.497. The molecular weight excluding hydrogens is 230 g/mol. The minimum Gasteiger partial charge on any atom is -0.490 e. The van der Waals surface area contributed by atoms with Crippen molar-refractivity contribution in [2.24, 2.45) is 5.73 Å². The molecule has 1 fully saturated rings. The molecular formula is C14H19NO3. The Labute approximate surface area is 107 Å². The minimum atomic E-state index is -0.388. The predicted octanol–water partition coefficient (Wildman–Crippen LogP) is 2.01. The van der Waals surface area contributed by atoms with Crippen molar-refractivity contribution >= 4 is 5.97 Å². The van der Waals surface area contributed by atoms with Gasteiger partial charge in [-0.2, -0.15) is 0 Å². The summed E-state index contributed by atoms with van der Waals surface area (Å²) >= 11 is 0. The highest BCUT2D eigenvalue weighted by molar-refractivity contribution is 5.71. The number of carbonyl (C=O) groups excluding carboxylic acids is 1. The Morgan fingerprint density at radius 3 is 2.50 bits per heavy atom. The molecule has 0 aromatic heterocycles. The van der Waals surface area contributed by atoms with Gasteiger partial charge in [0.15, 0.2) is 0 Å². The van der Waals surface area contributed by atoms with Crippen molar-refractivity contribution in [1.29, 1.82) is 0 Å². The molecule has 1 aliphatic rings. The van der Waals surface area contributed by atoms with Gasteiger partial charge in [0.05, 0.1) is 12.6 Å². The zero-order chi connectivity index (χ0) is 12.8. The number of carbonyl (C=O) groups is 1. The van der Waals surface area contributed by atoms with Crippen LogP contribution in [-0.4, -0.2) is 18.6 Å². The van der Waals surface area contributed by atoms with Gasteiger partial charge in [0.25, 0.3) is 0 Å². The lowest BCUT2D eigenvalue weighted by molar-refractivity contribution is -0.143. The van der Waals surface area contributed by atoms with Crippen LogP contribution in [0.3, 0.4) is 0 Å². The molecule has 0 bridgehead atoms. The molecule has 0 unspecified atom stereocenters. The molecule has 4 nitrogen and oxygen atoms in total. The van der Waals surface area contributed by atoms with Gasteiger partial charge in [-0.05, 0) is 43.4 Å². The van der Waals surface area contributed by atoms with Crippen molar-refractivity contribution in [3.05, 3.63) is 29.8 Å². The van der Waals surface area contributed by atoms with E-state index in [0.717, 1.165) is 24.2 Å². The van der Waals surface area contributed by atoms with Crippen molar-refractivity contribution in [2.45, 2.75) is 38.4 Å². The number of nitrogens with two attached hydrogens (primary N) is 1. The van der Waals surface area contributed by atoms with Crippen LogP contribution in [0.25, 0.3) is 0 Å². The number of ether oxygens (including phenoxy) is 2. The van der Waals surface area contributed by atoms with Crippen LogP contribution in [0.2, 0.25) is 0 Å². The molecule has 0 atom stereocenters. The van der Waals surface area contributed by atoms with E-state index in [1.807, 2.05) is 24.3 Å². The zero-order valence-electron chi connectivity index (χ0n) is 10.4. The normalized spacial score (nSPS) is 15.6. The monoisotopic (exact) mass is 249 g/mol. The number of rotatable bonds is 5. The smallest absolute Gasteiger partial charge is 0.320 e. The first-order valence-corrected chi connectivity index (χ1v) is 6.39. The van der Waals surface area contributed by atoms with Gasteiger partial charge in [-0.1, -0.05) is 12.1 Å². The SMILES string of the molecule is NCC(=O)OCc1ccc(OC2CCCC2)cc1. The quantitative estimate of drug-likeness (QED) is 0.811. The highest BCUT2D eigenvalue weighted by Gasteiger charge is 2.16. The fraction of sp³-hybridized carbons (Fsp3) is 0.500. The molecule has 0 heterocycles. The maximum atomic E-state index is 10.9. The van der Waals surface area contributed by atoms with E-state index in [4.69, 9.17) is 15.2 Å². The molecule has 4 heteroatoms. The number of hydrogen-bond donors (Lipinski definition) is 1. The van der Waals surface area contributed by atoms with Gasteiger partial charge < -0.3 is 15.2 Å². The van der Waals surface area contributed by atoms with Crippen LogP contribution >= 0.6 is 0 Å². The van der Waals surface area contributed by atoms with E-state index in [1.165, 1.54) is 12.8 Å². The molecule has 1 aromatic rings. The molecule has 0 amide bonds. The summed E-state index contributed by atoms with van der Waals surface area (Å²) in [7, 11) is 0. The summed E-state index contributed by atoms with van der Waals surface area (Å²) in [6, 6.07) is 7.66. The molecule has 0 spiro atoms. The van der Waals surface area contributed by atoms with Crippen LogP contribution in [0.15, 0.2) is 24.3 Å². The zero-order valence-corrected chi connectivity index (χ0v) is 10.4. The Morgan fingerprint density at radius 1 is 1.22 bits per heavy atom. The van der Waals surface area contributed by atoms with Crippen molar-refractivity contribution in [1.82, 2.24) is 0 Å². The third-order valence-electron chi connectivity index (χ3n) is 3.09. The van der Waals surface area contributed by atoms with Crippen molar-refractivity contribution in [3.63, 3.8) is 0 Å². The Hall–Kier alpha value is -1.55. The van der Waals surface area contributed by atoms with Crippen LogP contribution in [-0.2, 0) is 16.1 Å². The third-order valence-corrected chi connectivity index (χ3v) is 3.09. The Morgan fingerprint density at radius 2 is 1.89 bits per heavy atom. The second kappa shape index (κ2) is 6.40. The van der Waals surface area contributed by atoms with E-state index in [-0.39, 0.29) is 19.1 Å². The van der Waals surface area contributed by atoms with Crippen LogP contribution in [0, 0.1) is 0 Å². The Bertz CT molecular complexity index is 383. The molecule has 1 aromatic carbocycles. The van der Waals surface area contributed by atoms with Crippen LogP contribution < -0.4 is 10.5 Å². The molecule has 18 heavy (non-hydrogen) atoms. The van der Waals surface area contributed by atoms with Gasteiger partial charge in [0, 0.05) is 0 Å². The highest BCUT2D eigenvalue weighted by atomic mass is 16.5. The van der Waals surface area contributed by atoms with Crippen molar-refractivity contribution < 1.29 is 14.3 Å². The van der Waals surface area contributed by atoms with Gasteiger partial charge in [-0.25, -0.2) is 0 Å². The number of hydrogen-bond acceptors (Lipinski definition) is 4. The van der Waals surface area contributed by atoms with Crippen molar-refractivity contribution in [2.75, 3.05) is 6.54 Å². The van der Waals surface area contributed by atoms with E-state index in [1.54, 1.807) is 0 Å². The summed E-state index contributed by atoms with van der Waals surface area (Å²) in [5, 5.41) is 0. The van der Waals surface area contributed by atoms with Crippen LogP contribution in [0.4, 0.5) is 0 Å². The molecule has 1 aliphatic carbocycles. The van der Waals surface area contributed by atoms with Gasteiger partial charge in [0.2, 0.25) is 0 Å². The standard InChI is InChI=1S/C14H19NO3/c15-9-14(16)17-10-11-5-7-13(8-6-11)18-12-3-1-2-4-12/h5-8,12H,1-4,9-10,15H2. The lowest BCUT2D eigenvalue weighted by Gasteiger charge is -2.13. The Balaban J connectivity index is 1.82. The van der Waals surface area contributed by atoms with Gasteiger partial charge >= 0.3 is 5.97 Å². The van der Waals surface area contributed by atoms with Gasteiger partial charge in [-0.15, -0.1) is 0 Å².